The van der Waals surface area contributed by atoms with Crippen LogP contribution < -0.4 is 0 Å². The van der Waals surface area contributed by atoms with Crippen LogP contribution >= 0.6 is 0 Å². The second-order valence-corrected chi connectivity index (χ2v) is 5.82. The molecule has 1 aromatic carbocycles. The maximum atomic E-state index is 11.2. The molecule has 6 nitrogen and oxygen atoms in total. The molecule has 0 saturated heterocycles. The van der Waals surface area contributed by atoms with E-state index in [1.54, 1.807) is 31.2 Å². The van der Waals surface area contributed by atoms with E-state index in [1.807, 2.05) is 6.07 Å². The van der Waals surface area contributed by atoms with Gasteiger partial charge in [-0.15, -0.1) is 0 Å². The van der Waals surface area contributed by atoms with Crippen LogP contribution in [0.4, 0.5) is 0 Å². The fourth-order valence-electron chi connectivity index (χ4n) is 1.89. The topological polar surface area (TPSA) is 104 Å². The molecule has 7 heteroatoms. The van der Waals surface area contributed by atoms with Crippen LogP contribution in [0.3, 0.4) is 0 Å². The first-order chi connectivity index (χ1) is 9.45. The number of hydrogen-bond donors (Lipinski definition) is 1. The molecule has 0 fully saturated rings. The summed E-state index contributed by atoms with van der Waals surface area (Å²) >= 11 is 0. The number of aromatic nitrogens is 1. The third-order valence-electron chi connectivity index (χ3n) is 2.86. The van der Waals surface area contributed by atoms with E-state index in [2.05, 4.69) is 5.16 Å². The summed E-state index contributed by atoms with van der Waals surface area (Å²) in [5.41, 5.74) is 1.22. The lowest BCUT2D eigenvalue weighted by molar-refractivity contribution is 0.414. The molecule has 2 rings (SSSR count). The highest BCUT2D eigenvalue weighted by atomic mass is 32.2. The Bertz CT molecular complexity index is 759. The van der Waals surface area contributed by atoms with Crippen molar-refractivity contribution in [2.24, 2.45) is 0 Å². The van der Waals surface area contributed by atoms with Crippen molar-refractivity contribution in [1.82, 2.24) is 5.16 Å². The Hall–Kier alpha value is -2.17. The molecule has 0 saturated carbocycles. The van der Waals surface area contributed by atoms with Crippen LogP contribution in [0, 0.1) is 11.3 Å². The van der Waals surface area contributed by atoms with Crippen molar-refractivity contribution in [3.8, 4) is 17.4 Å². The Balaban J connectivity index is 2.40. The van der Waals surface area contributed by atoms with Gasteiger partial charge in [-0.25, -0.2) is 0 Å². The molecule has 1 N–H and O–H groups in total. The number of hydrogen-bond acceptors (Lipinski definition) is 5. The predicted octanol–water partition coefficient (Wildman–Crippen LogP) is 2.55. The molecule has 0 bridgehead atoms. The van der Waals surface area contributed by atoms with E-state index in [0.717, 1.165) is 0 Å². The van der Waals surface area contributed by atoms with Gasteiger partial charge in [-0.3, -0.25) is 4.55 Å². The van der Waals surface area contributed by atoms with Crippen molar-refractivity contribution >= 4 is 10.1 Å². The van der Waals surface area contributed by atoms with E-state index in [4.69, 9.17) is 14.3 Å². The van der Waals surface area contributed by atoms with Crippen molar-refractivity contribution in [1.29, 1.82) is 5.26 Å². The molecule has 20 heavy (non-hydrogen) atoms. The monoisotopic (exact) mass is 292 g/mol. The molecule has 1 heterocycles. The van der Waals surface area contributed by atoms with E-state index in [0.29, 0.717) is 16.9 Å². The lowest BCUT2D eigenvalue weighted by Crippen LogP contribution is -2.11. The van der Waals surface area contributed by atoms with Gasteiger partial charge < -0.3 is 4.52 Å². The van der Waals surface area contributed by atoms with Gasteiger partial charge in [0.15, 0.2) is 5.76 Å². The number of rotatable bonds is 4. The SMILES string of the molecule is CCC(c1cc(-c2cccc(C#N)c2)on1)S(=O)(=O)O. The van der Waals surface area contributed by atoms with Gasteiger partial charge in [0.05, 0.1) is 11.6 Å². The van der Waals surface area contributed by atoms with Gasteiger partial charge in [-0.2, -0.15) is 13.7 Å². The molecular weight excluding hydrogens is 280 g/mol. The number of benzene rings is 1. The second kappa shape index (κ2) is 5.45. The zero-order valence-corrected chi connectivity index (χ0v) is 11.5. The summed E-state index contributed by atoms with van der Waals surface area (Å²) in [4.78, 5) is 0. The lowest BCUT2D eigenvalue weighted by Gasteiger charge is -2.06. The minimum atomic E-state index is -4.22. The number of nitrogens with zero attached hydrogens (tertiary/aromatic N) is 2. The summed E-state index contributed by atoms with van der Waals surface area (Å²) in [6.45, 7) is 1.63. The molecule has 0 aliphatic rings. The van der Waals surface area contributed by atoms with E-state index >= 15 is 0 Å². The summed E-state index contributed by atoms with van der Waals surface area (Å²) in [6, 6.07) is 10.1. The highest BCUT2D eigenvalue weighted by Crippen LogP contribution is 2.28. The molecular formula is C13H12N2O4S. The molecule has 2 aromatic rings. The normalized spacial score (nSPS) is 12.8. The summed E-state index contributed by atoms with van der Waals surface area (Å²) in [5.74, 6) is 0.346. The minimum Gasteiger partial charge on any atom is -0.356 e. The van der Waals surface area contributed by atoms with E-state index in [-0.39, 0.29) is 12.1 Å². The third kappa shape index (κ3) is 2.87. The first kappa shape index (κ1) is 14.2. The fraction of sp³-hybridized carbons (Fsp3) is 0.231. The van der Waals surface area contributed by atoms with Crippen molar-refractivity contribution in [3.05, 3.63) is 41.6 Å². The van der Waals surface area contributed by atoms with E-state index in [1.165, 1.54) is 6.07 Å². The molecule has 0 aliphatic carbocycles. The first-order valence-corrected chi connectivity index (χ1v) is 7.39. The van der Waals surface area contributed by atoms with Gasteiger partial charge in [-0.05, 0) is 18.6 Å². The van der Waals surface area contributed by atoms with Crippen LogP contribution in [0.5, 0.6) is 0 Å². The van der Waals surface area contributed by atoms with Gasteiger partial charge in [0.25, 0.3) is 10.1 Å². The van der Waals surface area contributed by atoms with Gasteiger partial charge in [0, 0.05) is 11.6 Å². The van der Waals surface area contributed by atoms with Crippen LogP contribution in [-0.4, -0.2) is 18.1 Å². The standard InChI is InChI=1S/C13H12N2O4S/c1-2-13(20(16,17)18)11-7-12(19-15-11)10-5-3-4-9(6-10)8-14/h3-7,13H,2H2,1H3,(H,16,17,18). The Morgan fingerprint density at radius 1 is 1.45 bits per heavy atom. The summed E-state index contributed by atoms with van der Waals surface area (Å²) in [5, 5.41) is 11.4. The maximum Gasteiger partial charge on any atom is 0.273 e. The molecule has 104 valence electrons. The highest BCUT2D eigenvalue weighted by molar-refractivity contribution is 7.86. The molecule has 0 aliphatic heterocycles. The molecule has 0 spiro atoms. The molecule has 1 atom stereocenters. The summed E-state index contributed by atoms with van der Waals surface area (Å²) in [6.07, 6.45) is 0.184. The average Bonchev–Trinajstić information content (AvgIpc) is 2.87. The molecule has 0 amide bonds. The molecule has 1 aromatic heterocycles. The molecule has 1 unspecified atom stereocenters. The second-order valence-electron chi connectivity index (χ2n) is 4.22. The Kier molecular flexibility index (Phi) is 3.88. The Labute approximate surface area is 116 Å². The van der Waals surface area contributed by atoms with Crippen LogP contribution in [-0.2, 0) is 10.1 Å². The quantitative estimate of drug-likeness (QED) is 0.868. The first-order valence-electron chi connectivity index (χ1n) is 5.89. The lowest BCUT2D eigenvalue weighted by atomic mass is 10.1. The van der Waals surface area contributed by atoms with Gasteiger partial charge in [-0.1, -0.05) is 24.2 Å². The van der Waals surface area contributed by atoms with Crippen molar-refractivity contribution in [2.75, 3.05) is 0 Å². The smallest absolute Gasteiger partial charge is 0.273 e. The third-order valence-corrected chi connectivity index (χ3v) is 4.16. The Morgan fingerprint density at radius 2 is 2.20 bits per heavy atom. The van der Waals surface area contributed by atoms with Crippen molar-refractivity contribution in [3.63, 3.8) is 0 Å². The maximum absolute atomic E-state index is 11.2. The molecule has 0 radical (unpaired) electrons. The average molecular weight is 292 g/mol. The zero-order valence-electron chi connectivity index (χ0n) is 10.6. The fourth-order valence-corrected chi connectivity index (χ4v) is 2.73. The van der Waals surface area contributed by atoms with Crippen molar-refractivity contribution in [2.45, 2.75) is 18.6 Å². The predicted molar refractivity (Wildman–Crippen MR) is 71.2 cm³/mol. The van der Waals surface area contributed by atoms with Gasteiger partial charge in [0.2, 0.25) is 0 Å². The summed E-state index contributed by atoms with van der Waals surface area (Å²) < 4.78 is 36.7. The Morgan fingerprint density at radius 3 is 2.80 bits per heavy atom. The van der Waals surface area contributed by atoms with Crippen LogP contribution in [0.1, 0.15) is 29.9 Å². The number of nitriles is 1. The summed E-state index contributed by atoms with van der Waals surface area (Å²) in [7, 11) is -4.22. The van der Waals surface area contributed by atoms with Crippen LogP contribution in [0.2, 0.25) is 0 Å². The van der Waals surface area contributed by atoms with Crippen LogP contribution in [0.15, 0.2) is 34.9 Å². The zero-order chi connectivity index (χ0) is 14.8. The largest absolute Gasteiger partial charge is 0.356 e. The van der Waals surface area contributed by atoms with Crippen molar-refractivity contribution < 1.29 is 17.5 Å². The van der Waals surface area contributed by atoms with Crippen LogP contribution in [0.25, 0.3) is 11.3 Å². The van der Waals surface area contributed by atoms with Gasteiger partial charge >= 0.3 is 0 Å². The highest BCUT2D eigenvalue weighted by Gasteiger charge is 2.26. The van der Waals surface area contributed by atoms with E-state index < -0.39 is 15.4 Å². The minimum absolute atomic E-state index is 0.146. The van der Waals surface area contributed by atoms with E-state index in [9.17, 15) is 8.42 Å². The van der Waals surface area contributed by atoms with Gasteiger partial charge in [0.1, 0.15) is 10.9 Å².